The first-order valence-electron chi connectivity index (χ1n) is 7.24. The number of nitrogens with zero attached hydrogens (tertiary/aromatic N) is 1. The fourth-order valence-electron chi connectivity index (χ4n) is 3.48. The van der Waals surface area contributed by atoms with Crippen molar-refractivity contribution >= 4 is 16.9 Å². The van der Waals surface area contributed by atoms with Crippen LogP contribution in [0.1, 0.15) is 60.3 Å². The van der Waals surface area contributed by atoms with Gasteiger partial charge in [-0.25, -0.2) is 0 Å². The average molecular weight is 268 g/mol. The van der Waals surface area contributed by atoms with Gasteiger partial charge >= 0.3 is 0 Å². The molecular weight excluding hydrogens is 240 g/mol. The summed E-state index contributed by atoms with van der Waals surface area (Å²) < 4.78 is 0. The zero-order valence-electron chi connectivity index (χ0n) is 12.5. The number of hydrogen-bond donors (Lipinski definition) is 1. The van der Waals surface area contributed by atoms with Crippen molar-refractivity contribution in [2.45, 2.75) is 71.9 Å². The average Bonchev–Trinajstić information content (AvgIpc) is 2.59. The minimum absolute atomic E-state index is 0.134. The maximum Gasteiger partial charge on any atom is 0.157 e. The minimum Gasteiger partial charge on any atom is -0.360 e. The summed E-state index contributed by atoms with van der Waals surface area (Å²) in [5.74, 6) is 2.12. The van der Waals surface area contributed by atoms with Gasteiger partial charge in [-0.1, -0.05) is 39.0 Å². The molecule has 0 bridgehead atoms. The van der Waals surface area contributed by atoms with Gasteiger partial charge in [0, 0.05) is 11.3 Å². The Morgan fingerprint density at radius 1 is 1.22 bits per heavy atom. The molecule has 0 aromatic carbocycles. The molecule has 3 heteroatoms. The van der Waals surface area contributed by atoms with Crippen molar-refractivity contribution in [3.8, 4) is 0 Å². The monoisotopic (exact) mass is 268 g/mol. The van der Waals surface area contributed by atoms with E-state index in [-0.39, 0.29) is 5.54 Å². The lowest BCUT2D eigenvalue weighted by atomic mass is 9.82. The van der Waals surface area contributed by atoms with Crippen molar-refractivity contribution in [3.05, 3.63) is 0 Å². The van der Waals surface area contributed by atoms with Crippen molar-refractivity contribution < 1.29 is 0 Å². The molecular formula is C15H28N2S. The molecule has 0 aromatic rings. The Labute approximate surface area is 116 Å². The first-order chi connectivity index (χ1) is 8.25. The topological polar surface area (TPSA) is 24.4 Å². The summed E-state index contributed by atoms with van der Waals surface area (Å²) in [7, 11) is 0. The van der Waals surface area contributed by atoms with E-state index in [2.05, 4.69) is 39.9 Å². The molecule has 2 atom stereocenters. The van der Waals surface area contributed by atoms with Gasteiger partial charge in [0.1, 0.15) is 0 Å². The van der Waals surface area contributed by atoms with Crippen LogP contribution in [0.5, 0.6) is 0 Å². The van der Waals surface area contributed by atoms with Crippen LogP contribution in [0, 0.1) is 11.3 Å². The molecule has 1 aliphatic carbocycles. The van der Waals surface area contributed by atoms with Crippen molar-refractivity contribution in [2.75, 3.05) is 5.75 Å². The van der Waals surface area contributed by atoms with E-state index >= 15 is 0 Å². The van der Waals surface area contributed by atoms with Crippen LogP contribution in [0.3, 0.4) is 0 Å². The Balaban J connectivity index is 1.96. The Bertz CT molecular complexity index is 328. The lowest BCUT2D eigenvalue weighted by Gasteiger charge is -2.36. The van der Waals surface area contributed by atoms with Crippen LogP contribution in [-0.2, 0) is 0 Å². The first-order valence-corrected chi connectivity index (χ1v) is 8.23. The molecule has 1 aliphatic heterocycles. The Kier molecular flexibility index (Phi) is 4.01. The van der Waals surface area contributed by atoms with Gasteiger partial charge in [0.05, 0.1) is 6.04 Å². The summed E-state index contributed by atoms with van der Waals surface area (Å²) >= 11 is 1.93. The van der Waals surface area contributed by atoms with Crippen LogP contribution in [0.15, 0.2) is 4.99 Å². The second-order valence-electron chi connectivity index (χ2n) is 7.75. The third kappa shape index (κ3) is 3.91. The summed E-state index contributed by atoms with van der Waals surface area (Å²) in [5, 5.41) is 4.86. The highest BCUT2D eigenvalue weighted by atomic mass is 32.2. The smallest absolute Gasteiger partial charge is 0.157 e. The van der Waals surface area contributed by atoms with Crippen LogP contribution in [-0.4, -0.2) is 22.5 Å². The highest BCUT2D eigenvalue weighted by molar-refractivity contribution is 8.13. The van der Waals surface area contributed by atoms with Crippen molar-refractivity contribution in [2.24, 2.45) is 16.3 Å². The largest absolute Gasteiger partial charge is 0.360 e. The quantitative estimate of drug-likeness (QED) is 0.816. The van der Waals surface area contributed by atoms with Gasteiger partial charge in [0.2, 0.25) is 0 Å². The fraction of sp³-hybridized carbons (Fsp3) is 0.933. The van der Waals surface area contributed by atoms with E-state index in [4.69, 9.17) is 4.99 Å². The third-order valence-electron chi connectivity index (χ3n) is 3.75. The molecule has 2 unspecified atom stereocenters. The number of amidine groups is 1. The van der Waals surface area contributed by atoms with Gasteiger partial charge in [-0.3, -0.25) is 4.99 Å². The van der Waals surface area contributed by atoms with Crippen LogP contribution < -0.4 is 5.32 Å². The summed E-state index contributed by atoms with van der Waals surface area (Å²) in [6.07, 6.45) is 5.22. The lowest BCUT2D eigenvalue weighted by molar-refractivity contribution is 0.267. The van der Waals surface area contributed by atoms with Gasteiger partial charge < -0.3 is 5.32 Å². The molecule has 0 saturated heterocycles. The van der Waals surface area contributed by atoms with Crippen LogP contribution in [0.25, 0.3) is 0 Å². The van der Waals surface area contributed by atoms with Crippen LogP contribution in [0.2, 0.25) is 0 Å². The molecule has 2 rings (SSSR count). The van der Waals surface area contributed by atoms with E-state index in [1.54, 1.807) is 0 Å². The van der Waals surface area contributed by atoms with E-state index in [0.29, 0.717) is 11.5 Å². The highest BCUT2D eigenvalue weighted by Gasteiger charge is 2.33. The number of fused-ring (bicyclic) bond motifs is 1. The summed E-state index contributed by atoms with van der Waals surface area (Å²) in [6.45, 7) is 11.5. The zero-order valence-corrected chi connectivity index (χ0v) is 13.4. The molecule has 2 nitrogen and oxygen atoms in total. The van der Waals surface area contributed by atoms with Crippen LogP contribution >= 0.6 is 11.8 Å². The molecule has 1 N–H and O–H groups in total. The normalized spacial score (nSPS) is 28.8. The van der Waals surface area contributed by atoms with Gasteiger partial charge in [0.15, 0.2) is 5.17 Å². The number of aliphatic imine (C=N–C) groups is 1. The minimum atomic E-state index is 0.134. The Morgan fingerprint density at radius 3 is 2.61 bits per heavy atom. The Morgan fingerprint density at radius 2 is 1.94 bits per heavy atom. The van der Waals surface area contributed by atoms with Crippen molar-refractivity contribution in [3.63, 3.8) is 0 Å². The number of hydrogen-bond acceptors (Lipinski definition) is 3. The second kappa shape index (κ2) is 5.07. The van der Waals surface area contributed by atoms with E-state index in [1.165, 1.54) is 30.2 Å². The molecule has 1 fully saturated rings. The van der Waals surface area contributed by atoms with Crippen molar-refractivity contribution in [1.29, 1.82) is 0 Å². The molecule has 1 saturated carbocycles. The van der Waals surface area contributed by atoms with Gasteiger partial charge in [-0.2, -0.15) is 0 Å². The van der Waals surface area contributed by atoms with Crippen molar-refractivity contribution in [1.82, 2.24) is 5.32 Å². The van der Waals surface area contributed by atoms with Gasteiger partial charge in [0.25, 0.3) is 0 Å². The summed E-state index contributed by atoms with van der Waals surface area (Å²) in [4.78, 5) is 4.93. The first kappa shape index (κ1) is 14.2. The molecule has 0 radical (unpaired) electrons. The number of nitrogens with one attached hydrogen (secondary N) is 1. The predicted molar refractivity (Wildman–Crippen MR) is 82.3 cm³/mol. The molecule has 104 valence electrons. The maximum absolute atomic E-state index is 4.93. The molecule has 0 amide bonds. The zero-order chi connectivity index (χ0) is 13.4. The van der Waals surface area contributed by atoms with E-state index in [0.717, 1.165) is 12.3 Å². The molecule has 18 heavy (non-hydrogen) atoms. The predicted octanol–water partition coefficient (Wildman–Crippen LogP) is 4.06. The van der Waals surface area contributed by atoms with E-state index < -0.39 is 0 Å². The number of rotatable bonds is 2. The Hall–Kier alpha value is -0.180. The lowest BCUT2D eigenvalue weighted by Crippen LogP contribution is -2.46. The third-order valence-corrected chi connectivity index (χ3v) is 4.83. The molecule has 0 aromatic heterocycles. The van der Waals surface area contributed by atoms with Crippen LogP contribution in [0.4, 0.5) is 0 Å². The summed E-state index contributed by atoms with van der Waals surface area (Å²) in [5.41, 5.74) is 0.488. The second-order valence-corrected chi connectivity index (χ2v) is 8.76. The molecule has 0 spiro atoms. The van der Waals surface area contributed by atoms with Gasteiger partial charge in [-0.15, -0.1) is 0 Å². The SMILES string of the molecule is CC(C)(C)CC(C)(C)NC1=NC2CCCC2CS1. The standard InChI is InChI=1S/C15H28N2S/c1-14(2,3)10-15(4,5)17-13-16-12-8-6-7-11(12)9-18-13/h11-12H,6-10H2,1-5H3,(H,16,17). The summed E-state index contributed by atoms with van der Waals surface area (Å²) in [6, 6.07) is 0.610. The number of thioether (sulfide) groups is 1. The maximum atomic E-state index is 4.93. The molecule has 2 aliphatic rings. The van der Waals surface area contributed by atoms with E-state index in [1.807, 2.05) is 11.8 Å². The highest BCUT2D eigenvalue weighted by Crippen LogP contribution is 2.36. The van der Waals surface area contributed by atoms with E-state index in [9.17, 15) is 0 Å². The van der Waals surface area contributed by atoms with Gasteiger partial charge in [-0.05, 0) is 44.4 Å². The fourth-order valence-corrected chi connectivity index (χ4v) is 4.80. The molecule has 1 heterocycles.